The van der Waals surface area contributed by atoms with E-state index in [4.69, 9.17) is 5.73 Å². The normalized spacial score (nSPS) is 12.4. The van der Waals surface area contributed by atoms with Gasteiger partial charge in [0.2, 0.25) is 5.91 Å². The Hall–Kier alpha value is -1.42. The smallest absolute Gasteiger partial charge is 0.239 e. The van der Waals surface area contributed by atoms with E-state index < -0.39 is 6.04 Å². The number of aromatic nitrogens is 1. The number of rotatable bonds is 3. The lowest BCUT2D eigenvalue weighted by Crippen LogP contribution is -2.31. The highest BCUT2D eigenvalue weighted by molar-refractivity contribution is 5.81. The van der Waals surface area contributed by atoms with Crippen LogP contribution in [0.1, 0.15) is 11.6 Å². The van der Waals surface area contributed by atoms with Gasteiger partial charge in [0, 0.05) is 12.4 Å². The average Bonchev–Trinajstić information content (AvgIpc) is 2.07. The number of nitrogens with one attached hydrogen (secondary N) is 1. The van der Waals surface area contributed by atoms with Crippen molar-refractivity contribution in [3.8, 4) is 0 Å². The zero-order chi connectivity index (χ0) is 8.97. The van der Waals surface area contributed by atoms with Crippen molar-refractivity contribution >= 4 is 5.91 Å². The maximum absolute atomic E-state index is 10.9. The number of carbonyl (C=O) groups excluding carboxylic acids is 1. The van der Waals surface area contributed by atoms with Crippen LogP contribution in [-0.2, 0) is 4.79 Å². The molecule has 12 heavy (non-hydrogen) atoms. The van der Waals surface area contributed by atoms with Gasteiger partial charge in [-0.25, -0.2) is 0 Å². The Balaban J connectivity index is 2.88. The minimum absolute atomic E-state index is 0.385. The number of amides is 1. The Morgan fingerprint density at radius 2 is 2.17 bits per heavy atom. The van der Waals surface area contributed by atoms with E-state index in [0.717, 1.165) is 5.56 Å². The second-order valence-corrected chi connectivity index (χ2v) is 2.40. The highest BCUT2D eigenvalue weighted by Crippen LogP contribution is 2.09. The molecule has 0 spiro atoms. The molecule has 4 nitrogen and oxygen atoms in total. The van der Waals surface area contributed by atoms with E-state index >= 15 is 0 Å². The first-order valence-corrected chi connectivity index (χ1v) is 3.62. The second-order valence-electron chi connectivity index (χ2n) is 2.40. The molecule has 1 unspecified atom stereocenters. The monoisotopic (exact) mass is 165 g/mol. The first-order chi connectivity index (χ1) is 5.75. The Morgan fingerprint density at radius 1 is 1.58 bits per heavy atom. The fourth-order valence-electron chi connectivity index (χ4n) is 1.03. The lowest BCUT2D eigenvalue weighted by molar-refractivity contribution is -0.120. The van der Waals surface area contributed by atoms with E-state index in [-0.39, 0.29) is 5.91 Å². The van der Waals surface area contributed by atoms with Crippen molar-refractivity contribution in [3.05, 3.63) is 30.1 Å². The maximum Gasteiger partial charge on any atom is 0.239 e. The van der Waals surface area contributed by atoms with Crippen molar-refractivity contribution in [1.29, 1.82) is 0 Å². The minimum atomic E-state index is -0.423. The molecular formula is C8H11N3O. The van der Waals surface area contributed by atoms with Crippen LogP contribution in [-0.4, -0.2) is 17.9 Å². The van der Waals surface area contributed by atoms with Gasteiger partial charge in [-0.05, 0) is 24.7 Å². The number of nitrogens with zero attached hydrogens (tertiary/aromatic N) is 1. The van der Waals surface area contributed by atoms with E-state index in [9.17, 15) is 4.79 Å². The molecule has 0 radical (unpaired) electrons. The van der Waals surface area contributed by atoms with Crippen LogP contribution in [0.2, 0.25) is 0 Å². The van der Waals surface area contributed by atoms with Gasteiger partial charge in [0.05, 0.1) is 0 Å². The van der Waals surface area contributed by atoms with Crippen LogP contribution in [0.4, 0.5) is 0 Å². The minimum Gasteiger partial charge on any atom is -0.368 e. The summed E-state index contributed by atoms with van der Waals surface area (Å²) in [5.74, 6) is -0.385. The van der Waals surface area contributed by atoms with Crippen LogP contribution in [0.25, 0.3) is 0 Å². The van der Waals surface area contributed by atoms with Gasteiger partial charge < -0.3 is 11.1 Å². The van der Waals surface area contributed by atoms with Crippen molar-refractivity contribution < 1.29 is 4.79 Å². The molecule has 0 bridgehead atoms. The first-order valence-electron chi connectivity index (χ1n) is 3.62. The summed E-state index contributed by atoms with van der Waals surface area (Å²) in [4.78, 5) is 14.7. The molecule has 0 aromatic carbocycles. The zero-order valence-electron chi connectivity index (χ0n) is 6.82. The van der Waals surface area contributed by atoms with Crippen molar-refractivity contribution in [2.45, 2.75) is 6.04 Å². The topological polar surface area (TPSA) is 68.0 Å². The summed E-state index contributed by atoms with van der Waals surface area (Å²) in [5.41, 5.74) is 5.99. The number of nitrogens with two attached hydrogens (primary N) is 1. The molecule has 0 aliphatic heterocycles. The molecule has 1 aromatic rings. The third-order valence-corrected chi connectivity index (χ3v) is 1.61. The van der Waals surface area contributed by atoms with Crippen LogP contribution in [0.15, 0.2) is 24.5 Å². The second kappa shape index (κ2) is 3.82. The van der Waals surface area contributed by atoms with E-state index in [1.807, 2.05) is 0 Å². The van der Waals surface area contributed by atoms with E-state index in [2.05, 4.69) is 10.3 Å². The van der Waals surface area contributed by atoms with Gasteiger partial charge >= 0.3 is 0 Å². The molecular weight excluding hydrogens is 154 g/mol. The number of hydrogen-bond acceptors (Lipinski definition) is 3. The van der Waals surface area contributed by atoms with Gasteiger partial charge in [0.15, 0.2) is 0 Å². The van der Waals surface area contributed by atoms with Crippen molar-refractivity contribution in [2.75, 3.05) is 7.05 Å². The molecule has 1 heterocycles. The van der Waals surface area contributed by atoms with E-state index in [0.29, 0.717) is 0 Å². The molecule has 1 amide bonds. The van der Waals surface area contributed by atoms with Crippen LogP contribution < -0.4 is 11.1 Å². The summed E-state index contributed by atoms with van der Waals surface area (Å²) in [6, 6.07) is 3.09. The molecule has 0 fully saturated rings. The molecule has 64 valence electrons. The summed E-state index contributed by atoms with van der Waals surface area (Å²) >= 11 is 0. The predicted molar refractivity (Wildman–Crippen MR) is 45.2 cm³/mol. The Morgan fingerprint density at radius 3 is 2.58 bits per heavy atom. The highest BCUT2D eigenvalue weighted by Gasteiger charge is 2.13. The van der Waals surface area contributed by atoms with Gasteiger partial charge in [-0.15, -0.1) is 0 Å². The van der Waals surface area contributed by atoms with E-state index in [1.165, 1.54) is 0 Å². The fraction of sp³-hybridized carbons (Fsp3) is 0.250. The standard InChI is InChI=1S/C8H11N3O/c1-10-7(8(9)12)6-2-4-11-5-3-6/h2-5,7,10H,1H3,(H2,9,12). The number of likely N-dealkylation sites (N-methyl/N-ethyl adjacent to an activating group) is 1. The largest absolute Gasteiger partial charge is 0.368 e. The van der Waals surface area contributed by atoms with Crippen LogP contribution >= 0.6 is 0 Å². The Bertz CT molecular complexity index is 260. The van der Waals surface area contributed by atoms with Crippen molar-refractivity contribution in [1.82, 2.24) is 10.3 Å². The third kappa shape index (κ3) is 1.79. The molecule has 1 atom stereocenters. The molecule has 0 aliphatic rings. The van der Waals surface area contributed by atoms with Gasteiger partial charge in [-0.2, -0.15) is 0 Å². The molecule has 3 N–H and O–H groups in total. The molecule has 1 aromatic heterocycles. The lowest BCUT2D eigenvalue weighted by atomic mass is 10.1. The molecule has 0 aliphatic carbocycles. The Kier molecular flexibility index (Phi) is 2.76. The molecule has 1 rings (SSSR count). The van der Waals surface area contributed by atoms with Crippen molar-refractivity contribution in [2.24, 2.45) is 5.73 Å². The summed E-state index contributed by atoms with van der Waals surface area (Å²) in [6.07, 6.45) is 3.26. The van der Waals surface area contributed by atoms with Crippen LogP contribution in [0.5, 0.6) is 0 Å². The first kappa shape index (κ1) is 8.67. The predicted octanol–water partition coefficient (Wildman–Crippen LogP) is -0.173. The van der Waals surface area contributed by atoms with Gasteiger partial charge in [-0.1, -0.05) is 0 Å². The number of primary amides is 1. The SMILES string of the molecule is CNC(C(N)=O)c1ccncc1. The molecule has 0 saturated carbocycles. The van der Waals surface area contributed by atoms with Crippen LogP contribution in [0, 0.1) is 0 Å². The summed E-state index contributed by atoms with van der Waals surface area (Å²) in [6.45, 7) is 0. The van der Waals surface area contributed by atoms with Crippen molar-refractivity contribution in [3.63, 3.8) is 0 Å². The summed E-state index contributed by atoms with van der Waals surface area (Å²) < 4.78 is 0. The zero-order valence-corrected chi connectivity index (χ0v) is 6.82. The molecule has 4 heteroatoms. The Labute approximate surface area is 70.8 Å². The van der Waals surface area contributed by atoms with Gasteiger partial charge in [-0.3, -0.25) is 9.78 Å². The lowest BCUT2D eigenvalue weighted by Gasteiger charge is -2.11. The van der Waals surface area contributed by atoms with Gasteiger partial charge in [0.25, 0.3) is 0 Å². The third-order valence-electron chi connectivity index (χ3n) is 1.61. The summed E-state index contributed by atoms with van der Waals surface area (Å²) in [7, 11) is 1.69. The fourth-order valence-corrected chi connectivity index (χ4v) is 1.03. The maximum atomic E-state index is 10.9. The quantitative estimate of drug-likeness (QED) is 0.653. The highest BCUT2D eigenvalue weighted by atomic mass is 16.1. The summed E-state index contributed by atoms with van der Waals surface area (Å²) in [5, 5.41) is 2.82. The van der Waals surface area contributed by atoms with E-state index in [1.54, 1.807) is 31.6 Å². The number of pyridine rings is 1. The van der Waals surface area contributed by atoms with Gasteiger partial charge in [0.1, 0.15) is 6.04 Å². The van der Waals surface area contributed by atoms with Crippen LogP contribution in [0.3, 0.4) is 0 Å². The number of carbonyl (C=O) groups is 1. The average molecular weight is 165 g/mol. The molecule has 0 saturated heterocycles. The number of hydrogen-bond donors (Lipinski definition) is 2.